The summed E-state index contributed by atoms with van der Waals surface area (Å²) in [5, 5.41) is 38.5. The van der Waals surface area contributed by atoms with Gasteiger partial charge in [0, 0.05) is 18.9 Å². The molecule has 2 atom stereocenters. The smallest absolute Gasteiger partial charge is 0.335 e. The maximum absolute atomic E-state index is 11.8. The molecule has 7 heteroatoms. The SMILES string of the molecule is O=C(C=Cc1ccccc1)OC1[C@H](O)CC(O)(C(=O)O)C[C@H]1O. The van der Waals surface area contributed by atoms with Gasteiger partial charge < -0.3 is 25.2 Å². The van der Waals surface area contributed by atoms with Gasteiger partial charge in [-0.15, -0.1) is 0 Å². The summed E-state index contributed by atoms with van der Waals surface area (Å²) in [7, 11) is 0. The third-order valence-corrected chi connectivity index (χ3v) is 3.71. The molecule has 0 amide bonds. The van der Waals surface area contributed by atoms with Crippen LogP contribution >= 0.6 is 0 Å². The van der Waals surface area contributed by atoms with Crippen LogP contribution in [0.2, 0.25) is 0 Å². The van der Waals surface area contributed by atoms with Crippen molar-refractivity contribution in [3.8, 4) is 0 Å². The summed E-state index contributed by atoms with van der Waals surface area (Å²) in [4.78, 5) is 22.7. The van der Waals surface area contributed by atoms with Crippen LogP contribution in [0.5, 0.6) is 0 Å². The van der Waals surface area contributed by atoms with E-state index in [4.69, 9.17) is 9.84 Å². The lowest BCUT2D eigenvalue weighted by molar-refractivity contribution is -0.196. The molecule has 0 unspecified atom stereocenters. The molecule has 0 aromatic heterocycles. The Labute approximate surface area is 132 Å². The minimum absolute atomic E-state index is 0.528. The molecule has 0 aliphatic heterocycles. The van der Waals surface area contributed by atoms with E-state index >= 15 is 0 Å². The number of carbonyl (C=O) groups is 2. The standard InChI is InChI=1S/C16H18O7/c17-11-8-16(22,15(20)21)9-12(18)14(11)23-13(19)7-6-10-4-2-1-3-5-10/h1-7,11-12,14,17-18,22H,8-9H2,(H,20,21)/t11-,12-,14?,16?/m1/s1. The van der Waals surface area contributed by atoms with Crippen molar-refractivity contribution < 1.29 is 34.8 Å². The highest BCUT2D eigenvalue weighted by molar-refractivity contribution is 5.87. The highest BCUT2D eigenvalue weighted by Crippen LogP contribution is 2.31. The van der Waals surface area contributed by atoms with Crippen LogP contribution in [0, 0.1) is 0 Å². The van der Waals surface area contributed by atoms with E-state index in [0.29, 0.717) is 0 Å². The van der Waals surface area contributed by atoms with Crippen LogP contribution in [0.25, 0.3) is 6.08 Å². The van der Waals surface area contributed by atoms with Gasteiger partial charge in [0.25, 0.3) is 0 Å². The van der Waals surface area contributed by atoms with E-state index < -0.39 is 48.7 Å². The molecule has 23 heavy (non-hydrogen) atoms. The highest BCUT2D eigenvalue weighted by atomic mass is 16.6. The molecule has 7 nitrogen and oxygen atoms in total. The van der Waals surface area contributed by atoms with Crippen molar-refractivity contribution in [1.82, 2.24) is 0 Å². The molecule has 1 aliphatic rings. The number of aliphatic carboxylic acids is 1. The Morgan fingerprint density at radius 2 is 1.70 bits per heavy atom. The van der Waals surface area contributed by atoms with Crippen molar-refractivity contribution in [2.45, 2.75) is 36.8 Å². The van der Waals surface area contributed by atoms with E-state index in [1.165, 1.54) is 6.08 Å². The molecule has 0 radical (unpaired) electrons. The lowest BCUT2D eigenvalue weighted by Gasteiger charge is -2.39. The molecule has 0 bridgehead atoms. The minimum Gasteiger partial charge on any atom is -0.479 e. The summed E-state index contributed by atoms with van der Waals surface area (Å²) < 4.78 is 4.98. The van der Waals surface area contributed by atoms with E-state index in [1.54, 1.807) is 24.3 Å². The molecule has 1 fully saturated rings. The average molecular weight is 322 g/mol. The fourth-order valence-electron chi connectivity index (χ4n) is 2.50. The van der Waals surface area contributed by atoms with E-state index in [9.17, 15) is 24.9 Å². The number of carboxylic acid groups (broad SMARTS) is 1. The predicted molar refractivity (Wildman–Crippen MR) is 79.2 cm³/mol. The van der Waals surface area contributed by atoms with Gasteiger partial charge >= 0.3 is 11.9 Å². The van der Waals surface area contributed by atoms with Gasteiger partial charge in [0.2, 0.25) is 0 Å². The van der Waals surface area contributed by atoms with Crippen LogP contribution in [0.3, 0.4) is 0 Å². The molecule has 1 saturated carbocycles. The van der Waals surface area contributed by atoms with Crippen molar-refractivity contribution >= 4 is 18.0 Å². The zero-order chi connectivity index (χ0) is 17.0. The fourth-order valence-corrected chi connectivity index (χ4v) is 2.50. The number of carboxylic acids is 1. The summed E-state index contributed by atoms with van der Waals surface area (Å²) in [5.74, 6) is -2.32. The molecular formula is C16H18O7. The van der Waals surface area contributed by atoms with Crippen LogP contribution < -0.4 is 0 Å². The summed E-state index contributed by atoms with van der Waals surface area (Å²) in [6.45, 7) is 0. The van der Waals surface area contributed by atoms with Crippen molar-refractivity contribution in [3.63, 3.8) is 0 Å². The fraction of sp³-hybridized carbons (Fsp3) is 0.375. The number of rotatable bonds is 4. The topological polar surface area (TPSA) is 124 Å². The second kappa shape index (κ2) is 6.91. The Morgan fingerprint density at radius 1 is 1.13 bits per heavy atom. The molecule has 1 aliphatic carbocycles. The predicted octanol–water partition coefficient (Wildman–Crippen LogP) is -0.0571. The Hall–Kier alpha value is -2.22. The van der Waals surface area contributed by atoms with Gasteiger partial charge in [-0.3, -0.25) is 0 Å². The molecule has 0 heterocycles. The number of carbonyl (C=O) groups excluding carboxylic acids is 1. The number of benzene rings is 1. The first-order chi connectivity index (χ1) is 10.8. The number of esters is 1. The number of hydrogen-bond acceptors (Lipinski definition) is 6. The largest absolute Gasteiger partial charge is 0.479 e. The minimum atomic E-state index is -2.23. The van der Waals surface area contributed by atoms with E-state index in [0.717, 1.165) is 11.6 Å². The number of hydrogen-bond donors (Lipinski definition) is 4. The van der Waals surface area contributed by atoms with Gasteiger partial charge in [0.1, 0.15) is 0 Å². The molecule has 1 aromatic carbocycles. The average Bonchev–Trinajstić information content (AvgIpc) is 2.50. The molecule has 2 rings (SSSR count). The van der Waals surface area contributed by atoms with Crippen LogP contribution in [-0.4, -0.2) is 56.3 Å². The molecule has 4 N–H and O–H groups in total. The molecule has 0 spiro atoms. The van der Waals surface area contributed by atoms with E-state index in [2.05, 4.69) is 0 Å². The highest BCUT2D eigenvalue weighted by Gasteiger charge is 2.50. The normalized spacial score (nSPS) is 31.0. The van der Waals surface area contributed by atoms with Crippen molar-refractivity contribution in [2.24, 2.45) is 0 Å². The summed E-state index contributed by atoms with van der Waals surface area (Å²) in [6, 6.07) is 8.98. The zero-order valence-electron chi connectivity index (χ0n) is 12.2. The monoisotopic (exact) mass is 322 g/mol. The van der Waals surface area contributed by atoms with Crippen molar-refractivity contribution in [2.75, 3.05) is 0 Å². The Balaban J connectivity index is 1.99. The number of ether oxygens (including phenoxy) is 1. The van der Waals surface area contributed by atoms with Crippen LogP contribution in [0.1, 0.15) is 18.4 Å². The third kappa shape index (κ3) is 4.16. The van der Waals surface area contributed by atoms with Crippen LogP contribution in [0.4, 0.5) is 0 Å². The number of aliphatic hydroxyl groups is 3. The Bertz CT molecular complexity index is 584. The number of aliphatic hydroxyl groups excluding tert-OH is 2. The first-order valence-electron chi connectivity index (χ1n) is 7.07. The van der Waals surface area contributed by atoms with E-state index in [-0.39, 0.29) is 0 Å². The Kier molecular flexibility index (Phi) is 5.15. The summed E-state index contributed by atoms with van der Waals surface area (Å²) in [5.41, 5.74) is -1.46. The maximum Gasteiger partial charge on any atom is 0.335 e. The second-order valence-electron chi connectivity index (χ2n) is 5.53. The van der Waals surface area contributed by atoms with Gasteiger partial charge in [0.15, 0.2) is 11.7 Å². The Morgan fingerprint density at radius 3 is 2.22 bits per heavy atom. The van der Waals surface area contributed by atoms with Gasteiger partial charge in [-0.1, -0.05) is 30.3 Å². The van der Waals surface area contributed by atoms with Crippen LogP contribution in [-0.2, 0) is 14.3 Å². The zero-order valence-corrected chi connectivity index (χ0v) is 12.2. The van der Waals surface area contributed by atoms with Gasteiger partial charge in [-0.05, 0) is 11.6 Å². The quantitative estimate of drug-likeness (QED) is 0.452. The molecule has 124 valence electrons. The van der Waals surface area contributed by atoms with Crippen molar-refractivity contribution in [3.05, 3.63) is 42.0 Å². The third-order valence-electron chi connectivity index (χ3n) is 3.71. The molecule has 0 saturated heterocycles. The van der Waals surface area contributed by atoms with Crippen LogP contribution in [0.15, 0.2) is 36.4 Å². The second-order valence-corrected chi connectivity index (χ2v) is 5.53. The first kappa shape index (κ1) is 17.1. The lowest BCUT2D eigenvalue weighted by atomic mass is 9.79. The summed E-state index contributed by atoms with van der Waals surface area (Å²) >= 11 is 0. The van der Waals surface area contributed by atoms with Gasteiger partial charge in [-0.2, -0.15) is 0 Å². The maximum atomic E-state index is 11.8. The lowest BCUT2D eigenvalue weighted by Crippen LogP contribution is -2.57. The van der Waals surface area contributed by atoms with Gasteiger partial charge in [0.05, 0.1) is 12.2 Å². The van der Waals surface area contributed by atoms with Crippen molar-refractivity contribution in [1.29, 1.82) is 0 Å². The van der Waals surface area contributed by atoms with E-state index in [1.807, 2.05) is 6.07 Å². The summed E-state index contributed by atoms with van der Waals surface area (Å²) in [6.07, 6.45) is -2.64. The molecular weight excluding hydrogens is 304 g/mol. The van der Waals surface area contributed by atoms with Gasteiger partial charge in [-0.25, -0.2) is 9.59 Å². The first-order valence-corrected chi connectivity index (χ1v) is 7.07. The molecule has 1 aromatic rings.